The lowest BCUT2D eigenvalue weighted by Gasteiger charge is -2.29. The second-order valence-electron chi connectivity index (χ2n) is 7.02. The van der Waals surface area contributed by atoms with Crippen molar-refractivity contribution in [1.29, 1.82) is 0 Å². The van der Waals surface area contributed by atoms with E-state index < -0.39 is 5.82 Å². The van der Waals surface area contributed by atoms with Crippen LogP contribution in [0.15, 0.2) is 47.3 Å². The number of nitrogens with zero attached hydrogens (tertiary/aromatic N) is 3. The van der Waals surface area contributed by atoms with Gasteiger partial charge in [-0.05, 0) is 36.8 Å². The predicted octanol–water partition coefficient (Wildman–Crippen LogP) is 3.70. The van der Waals surface area contributed by atoms with Gasteiger partial charge in [-0.25, -0.2) is 9.37 Å². The molecule has 0 unspecified atom stereocenters. The standard InChI is InChI=1S/C22H24FN3O2/c1-2-3-8-21-24-19-7-5-4-6-17(19)22(27)26(21)20-10-9-16(15-18(20)23)25-11-13-28-14-12-25/h4-7,9-10,15H,2-3,8,11-14H2,1H3. The molecule has 0 amide bonds. The van der Waals surface area contributed by atoms with Gasteiger partial charge in [-0.1, -0.05) is 25.5 Å². The quantitative estimate of drug-likeness (QED) is 0.676. The summed E-state index contributed by atoms with van der Waals surface area (Å²) in [5, 5.41) is 0.499. The van der Waals surface area contributed by atoms with Crippen molar-refractivity contribution in [1.82, 2.24) is 9.55 Å². The highest BCUT2D eigenvalue weighted by Crippen LogP contribution is 2.23. The van der Waals surface area contributed by atoms with Crippen LogP contribution in [0.1, 0.15) is 25.6 Å². The van der Waals surface area contributed by atoms with Gasteiger partial charge in [0.05, 0.1) is 29.8 Å². The van der Waals surface area contributed by atoms with Crippen LogP contribution in [0.5, 0.6) is 0 Å². The number of hydrogen-bond acceptors (Lipinski definition) is 4. The molecule has 1 saturated heterocycles. The zero-order valence-corrected chi connectivity index (χ0v) is 16.0. The molecular weight excluding hydrogens is 357 g/mol. The summed E-state index contributed by atoms with van der Waals surface area (Å²) in [7, 11) is 0. The number of hydrogen-bond donors (Lipinski definition) is 0. The summed E-state index contributed by atoms with van der Waals surface area (Å²) >= 11 is 0. The number of morpholine rings is 1. The van der Waals surface area contributed by atoms with E-state index in [1.54, 1.807) is 18.2 Å². The lowest BCUT2D eigenvalue weighted by Crippen LogP contribution is -2.36. The molecule has 6 heteroatoms. The molecule has 0 radical (unpaired) electrons. The topological polar surface area (TPSA) is 47.4 Å². The van der Waals surface area contributed by atoms with Crippen LogP contribution in [-0.4, -0.2) is 35.9 Å². The molecule has 0 N–H and O–H groups in total. The molecule has 4 rings (SSSR count). The van der Waals surface area contributed by atoms with E-state index in [1.165, 1.54) is 10.6 Å². The zero-order chi connectivity index (χ0) is 19.5. The molecule has 3 aromatic rings. The first kappa shape index (κ1) is 18.6. The van der Waals surface area contributed by atoms with Gasteiger partial charge in [-0.2, -0.15) is 0 Å². The molecule has 0 bridgehead atoms. The summed E-state index contributed by atoms with van der Waals surface area (Å²) in [6.07, 6.45) is 2.49. The molecule has 2 aromatic carbocycles. The second-order valence-corrected chi connectivity index (χ2v) is 7.02. The molecule has 0 aliphatic carbocycles. The minimum Gasteiger partial charge on any atom is -0.378 e. The van der Waals surface area contributed by atoms with Crippen molar-refractivity contribution in [3.8, 4) is 5.69 Å². The summed E-state index contributed by atoms with van der Waals surface area (Å²) in [4.78, 5) is 19.9. The average molecular weight is 381 g/mol. The third kappa shape index (κ3) is 3.52. The first-order valence-electron chi connectivity index (χ1n) is 9.82. The molecule has 28 heavy (non-hydrogen) atoms. The number of anilines is 1. The van der Waals surface area contributed by atoms with Crippen molar-refractivity contribution in [2.45, 2.75) is 26.2 Å². The third-order valence-electron chi connectivity index (χ3n) is 5.15. The normalized spacial score (nSPS) is 14.6. The van der Waals surface area contributed by atoms with Crippen molar-refractivity contribution in [2.24, 2.45) is 0 Å². The zero-order valence-electron chi connectivity index (χ0n) is 16.0. The number of benzene rings is 2. The fourth-order valence-corrected chi connectivity index (χ4v) is 3.63. The molecule has 1 fully saturated rings. The maximum Gasteiger partial charge on any atom is 0.266 e. The van der Waals surface area contributed by atoms with E-state index in [4.69, 9.17) is 4.74 Å². The van der Waals surface area contributed by atoms with Gasteiger partial charge < -0.3 is 9.64 Å². The molecule has 0 saturated carbocycles. The minimum atomic E-state index is -0.416. The van der Waals surface area contributed by atoms with E-state index in [9.17, 15) is 4.79 Å². The van der Waals surface area contributed by atoms with Gasteiger partial charge in [0.15, 0.2) is 0 Å². The van der Waals surface area contributed by atoms with Crippen molar-refractivity contribution < 1.29 is 9.13 Å². The summed E-state index contributed by atoms with van der Waals surface area (Å²) < 4.78 is 21.9. The predicted molar refractivity (Wildman–Crippen MR) is 109 cm³/mol. The highest BCUT2D eigenvalue weighted by atomic mass is 19.1. The molecule has 1 aromatic heterocycles. The number of halogens is 1. The summed E-state index contributed by atoms with van der Waals surface area (Å²) in [6.45, 7) is 4.83. The Morgan fingerprint density at radius 3 is 2.68 bits per heavy atom. The molecule has 5 nitrogen and oxygen atoms in total. The van der Waals surface area contributed by atoms with Gasteiger partial charge >= 0.3 is 0 Å². The van der Waals surface area contributed by atoms with Crippen molar-refractivity contribution in [2.75, 3.05) is 31.2 Å². The van der Waals surface area contributed by atoms with Crippen LogP contribution in [0.3, 0.4) is 0 Å². The smallest absolute Gasteiger partial charge is 0.266 e. The Kier molecular flexibility index (Phi) is 5.39. The summed E-state index contributed by atoms with van der Waals surface area (Å²) in [5.41, 5.74) is 1.49. The molecule has 1 aliphatic heterocycles. The number of fused-ring (bicyclic) bond motifs is 1. The number of unbranched alkanes of at least 4 members (excludes halogenated alkanes) is 1. The lowest BCUT2D eigenvalue weighted by atomic mass is 10.1. The van der Waals surface area contributed by atoms with E-state index in [2.05, 4.69) is 16.8 Å². The lowest BCUT2D eigenvalue weighted by molar-refractivity contribution is 0.122. The van der Waals surface area contributed by atoms with Crippen molar-refractivity contribution in [3.05, 3.63) is 64.5 Å². The Hall–Kier alpha value is -2.73. The molecular formula is C22H24FN3O2. The van der Waals surface area contributed by atoms with Gasteiger partial charge in [0.2, 0.25) is 0 Å². The van der Waals surface area contributed by atoms with E-state index in [0.29, 0.717) is 36.4 Å². The average Bonchev–Trinajstić information content (AvgIpc) is 2.73. The van der Waals surface area contributed by atoms with Crippen LogP contribution in [0.4, 0.5) is 10.1 Å². The monoisotopic (exact) mass is 381 g/mol. The fourth-order valence-electron chi connectivity index (χ4n) is 3.63. The van der Waals surface area contributed by atoms with E-state index in [1.807, 2.05) is 18.2 Å². The van der Waals surface area contributed by atoms with Crippen molar-refractivity contribution in [3.63, 3.8) is 0 Å². The Bertz CT molecular complexity index is 1040. The number of aromatic nitrogens is 2. The molecule has 2 heterocycles. The SMILES string of the molecule is CCCCc1nc2ccccc2c(=O)n1-c1ccc(N2CCOCC2)cc1F. The number of aryl methyl sites for hydroxylation is 1. The van der Waals surface area contributed by atoms with E-state index in [-0.39, 0.29) is 11.2 Å². The highest BCUT2D eigenvalue weighted by molar-refractivity contribution is 5.77. The summed E-state index contributed by atoms with van der Waals surface area (Å²) in [5.74, 6) is 0.185. The van der Waals surface area contributed by atoms with Gasteiger partial charge in [0.1, 0.15) is 11.6 Å². The van der Waals surface area contributed by atoms with Gasteiger partial charge in [0.25, 0.3) is 5.56 Å². The van der Waals surface area contributed by atoms with Crippen LogP contribution < -0.4 is 10.5 Å². The van der Waals surface area contributed by atoms with E-state index >= 15 is 4.39 Å². The van der Waals surface area contributed by atoms with Crippen molar-refractivity contribution >= 4 is 16.6 Å². The molecule has 146 valence electrons. The molecule has 0 atom stereocenters. The fraction of sp³-hybridized carbons (Fsp3) is 0.364. The number of rotatable bonds is 5. The molecule has 1 aliphatic rings. The van der Waals surface area contributed by atoms with Crippen LogP contribution in [0.25, 0.3) is 16.6 Å². The molecule has 0 spiro atoms. The van der Waals surface area contributed by atoms with Gasteiger partial charge in [0, 0.05) is 25.2 Å². The minimum absolute atomic E-state index is 0.227. The summed E-state index contributed by atoms with van der Waals surface area (Å²) in [6, 6.07) is 12.3. The second kappa shape index (κ2) is 8.10. The Labute approximate surface area is 163 Å². The van der Waals surface area contributed by atoms with Crippen LogP contribution in [-0.2, 0) is 11.2 Å². The largest absolute Gasteiger partial charge is 0.378 e. The van der Waals surface area contributed by atoms with Gasteiger partial charge in [-0.3, -0.25) is 9.36 Å². The number of ether oxygens (including phenoxy) is 1. The van der Waals surface area contributed by atoms with Crippen LogP contribution in [0.2, 0.25) is 0 Å². The Morgan fingerprint density at radius 2 is 1.93 bits per heavy atom. The third-order valence-corrected chi connectivity index (χ3v) is 5.15. The maximum atomic E-state index is 15.1. The first-order valence-corrected chi connectivity index (χ1v) is 9.82. The van der Waals surface area contributed by atoms with E-state index in [0.717, 1.165) is 31.6 Å². The van der Waals surface area contributed by atoms with Crippen LogP contribution in [0, 0.1) is 5.82 Å². The van der Waals surface area contributed by atoms with Gasteiger partial charge in [-0.15, -0.1) is 0 Å². The van der Waals surface area contributed by atoms with Crippen LogP contribution >= 0.6 is 0 Å². The highest BCUT2D eigenvalue weighted by Gasteiger charge is 2.18. The number of para-hydroxylation sites is 1. The Morgan fingerprint density at radius 1 is 1.14 bits per heavy atom. The maximum absolute atomic E-state index is 15.1. The Balaban J connectivity index is 1.83. The first-order chi connectivity index (χ1) is 13.7.